The molecule has 0 aliphatic carbocycles. The van der Waals surface area contributed by atoms with Crippen LogP contribution in [0, 0.1) is 23.7 Å². The summed E-state index contributed by atoms with van der Waals surface area (Å²) in [4.78, 5) is 93.8. The summed E-state index contributed by atoms with van der Waals surface area (Å²) in [7, 11) is -24.2. The van der Waals surface area contributed by atoms with Crippen molar-refractivity contribution in [2.75, 3.05) is 13.2 Å². The van der Waals surface area contributed by atoms with Crippen molar-refractivity contribution in [3.05, 3.63) is 138 Å². The molecular weight excluding hydrogens is 980 g/mol. The molecule has 6 unspecified atom stereocenters. The van der Waals surface area contributed by atoms with Crippen molar-refractivity contribution in [2.45, 2.75) is 61.7 Å². The first-order valence-corrected chi connectivity index (χ1v) is 25.1. The highest BCUT2D eigenvalue weighted by molar-refractivity contribution is 7.69. The standard InChI is InChI=1S/C36H34N4O23P4/c41-25-15-17-39(35(43)37-25)33-31-29(57-27(59-31)13-11-21-7-3-1-4-8-21)23(55-33)19-53-64(45,46)61-66(49,50)63-67(51,52)62-65(47,48)54-20-24-30-32(34(56-24)40-18-16-26(42)38-36(40)44)60-28(58-30)14-12-22-9-5-2-6-10-22/h1-10,15-18,23-24,27-34H,19-20H2,(H,45,46)(H,47,48)(H,49,50)(H,51,52)(H,37,41,43)(H,38,42,44)/t23-,24-,27?,28?,29-,30-,31-,32-,33-,34-/m1/s1. The van der Waals surface area contributed by atoms with E-state index in [1.165, 1.54) is 0 Å². The molecule has 67 heavy (non-hydrogen) atoms. The highest BCUT2D eigenvalue weighted by atomic mass is 31.3. The molecule has 0 bridgehead atoms. The number of rotatable bonds is 14. The van der Waals surface area contributed by atoms with Gasteiger partial charge in [-0.15, -0.1) is 0 Å². The van der Waals surface area contributed by atoms with Crippen LogP contribution >= 0.6 is 31.3 Å². The Labute approximate surface area is 374 Å². The van der Waals surface area contributed by atoms with Gasteiger partial charge in [0, 0.05) is 35.7 Å². The minimum Gasteiger partial charge on any atom is -0.346 e. The smallest absolute Gasteiger partial charge is 0.346 e. The highest BCUT2D eigenvalue weighted by Crippen LogP contribution is 2.71. The molecule has 4 aliphatic heterocycles. The maximum Gasteiger partial charge on any atom is 0.490 e. The highest BCUT2D eigenvalue weighted by Gasteiger charge is 2.56. The Morgan fingerprint density at radius 3 is 1.24 bits per heavy atom. The normalized spacial score (nSPS) is 30.0. The van der Waals surface area contributed by atoms with Gasteiger partial charge in [-0.05, 0) is 36.1 Å². The van der Waals surface area contributed by atoms with Gasteiger partial charge in [0.25, 0.3) is 11.1 Å². The number of aromatic nitrogens is 4. The number of benzene rings is 2. The van der Waals surface area contributed by atoms with Crippen LogP contribution in [0.2, 0.25) is 0 Å². The van der Waals surface area contributed by atoms with Crippen LogP contribution in [0.4, 0.5) is 0 Å². The van der Waals surface area contributed by atoms with Crippen LogP contribution in [-0.2, 0) is 68.7 Å². The number of H-pyrrole nitrogens is 2. The molecule has 4 fully saturated rings. The second kappa shape index (κ2) is 19.7. The van der Waals surface area contributed by atoms with Crippen LogP contribution in [0.1, 0.15) is 23.6 Å². The number of phosphoric ester groups is 2. The third kappa shape index (κ3) is 12.1. The van der Waals surface area contributed by atoms with Crippen molar-refractivity contribution in [3.8, 4) is 23.7 Å². The number of hydrogen-bond donors (Lipinski definition) is 6. The largest absolute Gasteiger partial charge is 0.490 e. The number of nitrogens with one attached hydrogen (secondary N) is 2. The lowest BCUT2D eigenvalue weighted by Crippen LogP contribution is -2.36. The third-order valence-corrected chi connectivity index (χ3v) is 15.5. The van der Waals surface area contributed by atoms with Gasteiger partial charge in [0.2, 0.25) is 12.6 Å². The molecule has 4 aliphatic rings. The van der Waals surface area contributed by atoms with Crippen LogP contribution in [-0.4, -0.2) is 101 Å². The Kier molecular flexibility index (Phi) is 14.3. The van der Waals surface area contributed by atoms with E-state index in [2.05, 4.69) is 36.6 Å². The maximum absolute atomic E-state index is 12.9. The van der Waals surface area contributed by atoms with Gasteiger partial charge in [-0.25, -0.2) is 27.8 Å². The van der Waals surface area contributed by atoms with E-state index in [0.29, 0.717) is 11.1 Å². The van der Waals surface area contributed by atoms with Gasteiger partial charge in [-0.1, -0.05) is 48.2 Å². The van der Waals surface area contributed by atoms with Gasteiger partial charge < -0.3 is 48.0 Å². The minimum atomic E-state index is -6.26. The van der Waals surface area contributed by atoms with Crippen molar-refractivity contribution >= 4 is 31.3 Å². The predicted octanol–water partition coefficient (Wildman–Crippen LogP) is 0.690. The van der Waals surface area contributed by atoms with Crippen LogP contribution in [0.25, 0.3) is 0 Å². The Morgan fingerprint density at radius 2 is 0.866 bits per heavy atom. The fourth-order valence-electron chi connectivity index (χ4n) is 6.91. The van der Waals surface area contributed by atoms with Gasteiger partial charge in [0.15, 0.2) is 12.5 Å². The number of nitrogens with zero attached hydrogens (tertiary/aromatic N) is 2. The molecule has 4 saturated heterocycles. The molecule has 6 heterocycles. The Bertz CT molecular complexity index is 2850. The number of aromatic amines is 2. The summed E-state index contributed by atoms with van der Waals surface area (Å²) < 4.78 is 110. The quantitative estimate of drug-likeness (QED) is 0.0747. The number of ether oxygens (including phenoxy) is 6. The monoisotopic (exact) mass is 1010 g/mol. The first-order valence-electron chi connectivity index (χ1n) is 19.2. The minimum absolute atomic E-state index is 0.585. The van der Waals surface area contributed by atoms with Crippen molar-refractivity contribution < 1.29 is 88.2 Å². The predicted molar refractivity (Wildman–Crippen MR) is 219 cm³/mol. The molecule has 4 aromatic rings. The van der Waals surface area contributed by atoms with Crippen molar-refractivity contribution in [3.63, 3.8) is 0 Å². The van der Waals surface area contributed by atoms with Crippen LogP contribution < -0.4 is 22.5 Å². The summed E-state index contributed by atoms with van der Waals surface area (Å²) in [6, 6.07) is 19.3. The molecule has 356 valence electrons. The van der Waals surface area contributed by atoms with E-state index in [-0.39, 0.29) is 0 Å². The molecule has 2 aromatic carbocycles. The Balaban J connectivity index is 0.888. The molecule has 2 aromatic heterocycles. The molecule has 14 atom stereocenters. The average Bonchev–Trinajstić information content (AvgIpc) is 4.02. The fourth-order valence-corrected chi connectivity index (χ4v) is 11.9. The zero-order valence-electron chi connectivity index (χ0n) is 33.5. The number of hydrogen-bond acceptors (Lipinski definition) is 19. The van der Waals surface area contributed by atoms with Crippen LogP contribution in [0.5, 0.6) is 0 Å². The van der Waals surface area contributed by atoms with E-state index in [0.717, 1.165) is 33.7 Å². The lowest BCUT2D eigenvalue weighted by molar-refractivity contribution is -0.131. The molecule has 8 rings (SSSR count). The van der Waals surface area contributed by atoms with Gasteiger partial charge >= 0.3 is 42.7 Å². The number of phosphoric acid groups is 4. The topological polar surface area (TPSA) is 360 Å². The molecule has 0 spiro atoms. The summed E-state index contributed by atoms with van der Waals surface area (Å²) in [6.07, 6.45) is -10.6. The molecule has 6 N–H and O–H groups in total. The number of fused-ring (bicyclic) bond motifs is 2. The molecule has 27 nitrogen and oxygen atoms in total. The fraction of sp³-hybridized carbons (Fsp3) is 0.333. The van der Waals surface area contributed by atoms with E-state index < -0.39 is 129 Å². The summed E-state index contributed by atoms with van der Waals surface area (Å²) in [5.74, 6) is 11.1. The average molecular weight is 1010 g/mol. The second-order valence-corrected chi connectivity index (χ2v) is 20.4. The van der Waals surface area contributed by atoms with Gasteiger partial charge in [0.05, 0.1) is 13.2 Å². The van der Waals surface area contributed by atoms with E-state index in [9.17, 15) is 57.0 Å². The van der Waals surface area contributed by atoms with Crippen LogP contribution in [0.3, 0.4) is 0 Å². The zero-order valence-corrected chi connectivity index (χ0v) is 37.1. The lowest BCUT2D eigenvalue weighted by atomic mass is 10.1. The van der Waals surface area contributed by atoms with E-state index in [1.54, 1.807) is 60.7 Å². The van der Waals surface area contributed by atoms with E-state index in [1.807, 2.05) is 9.97 Å². The maximum atomic E-state index is 12.9. The first kappa shape index (κ1) is 48.7. The molecule has 0 radical (unpaired) electrons. The summed E-state index contributed by atoms with van der Waals surface area (Å²) in [5.41, 5.74) is -2.18. The summed E-state index contributed by atoms with van der Waals surface area (Å²) in [6.45, 7) is -2.03. The zero-order chi connectivity index (χ0) is 47.7. The van der Waals surface area contributed by atoms with Crippen molar-refractivity contribution in [2.24, 2.45) is 0 Å². The van der Waals surface area contributed by atoms with E-state index in [4.69, 9.17) is 37.5 Å². The molecule has 0 saturated carbocycles. The van der Waals surface area contributed by atoms with Crippen LogP contribution in [0.15, 0.2) is 104 Å². The molecule has 0 amide bonds. The SMILES string of the molecule is O=c1ccn([C@@H]2O[C@H](COP(=O)(O)OP(=O)(O)OP(=O)(O)OP(=O)(O)OC[C@H]3O[C@@H](n4ccc(=O)[nH]c4=O)[C@@H]4OC(C#Cc5ccccc5)O[C@@H]43)[C@H]3OC(C#Cc4ccccc4)O[C@H]32)c(=O)[nH]1. The Morgan fingerprint density at radius 1 is 0.507 bits per heavy atom. The van der Waals surface area contributed by atoms with Gasteiger partial charge in [0.1, 0.15) is 36.6 Å². The Hall–Kier alpha value is -4.76. The van der Waals surface area contributed by atoms with Crippen molar-refractivity contribution in [1.29, 1.82) is 0 Å². The first-order chi connectivity index (χ1) is 31.7. The van der Waals surface area contributed by atoms with Gasteiger partial charge in [-0.3, -0.25) is 37.7 Å². The van der Waals surface area contributed by atoms with Crippen molar-refractivity contribution in [1.82, 2.24) is 19.1 Å². The lowest BCUT2D eigenvalue weighted by Gasteiger charge is -2.22. The second-order valence-electron chi connectivity index (χ2n) is 14.2. The van der Waals surface area contributed by atoms with E-state index >= 15 is 0 Å². The van der Waals surface area contributed by atoms with Gasteiger partial charge in [-0.2, -0.15) is 12.9 Å². The summed E-state index contributed by atoms with van der Waals surface area (Å²) >= 11 is 0. The molecular formula is C36H34N4O23P4. The molecule has 31 heteroatoms. The third-order valence-electron chi connectivity index (χ3n) is 9.58. The summed E-state index contributed by atoms with van der Waals surface area (Å²) in [5, 5.41) is 0.